The number of nitrogens with one attached hydrogen (secondary N) is 2. The van der Waals surface area contributed by atoms with Crippen LogP contribution in [0.4, 0.5) is 0 Å². The first-order valence-electron chi connectivity index (χ1n) is 16.2. The minimum Gasteiger partial charge on any atom is -0.379 e. The van der Waals surface area contributed by atoms with Crippen molar-refractivity contribution in [2.24, 2.45) is 23.7 Å². The summed E-state index contributed by atoms with van der Waals surface area (Å²) in [6.45, 7) is 4.54. The molecule has 6 fully saturated rings. The number of methoxy groups -OCH3 is 2. The number of carbonyl (C=O) groups excluding carboxylic acids is 3. The third-order valence-electron chi connectivity index (χ3n) is 11.6. The van der Waals surface area contributed by atoms with Crippen LogP contribution < -0.4 is 16.0 Å². The van der Waals surface area contributed by atoms with E-state index in [1.165, 1.54) is 0 Å². The van der Waals surface area contributed by atoms with Crippen LogP contribution in [0.1, 0.15) is 78.1 Å². The summed E-state index contributed by atoms with van der Waals surface area (Å²) in [5.74, 6) is 1.41. The van der Waals surface area contributed by atoms with Crippen LogP contribution in [0.15, 0.2) is 0 Å². The maximum atomic E-state index is 14.2. The van der Waals surface area contributed by atoms with Crippen molar-refractivity contribution in [2.45, 2.75) is 133 Å². The van der Waals surface area contributed by atoms with Gasteiger partial charge in [-0.15, -0.1) is 0 Å². The average molecular weight is 576 g/mol. The Morgan fingerprint density at radius 2 is 1.63 bits per heavy atom. The lowest BCUT2D eigenvalue weighted by Crippen LogP contribution is -2.99. The molecule has 10 unspecified atom stereocenters. The Labute approximate surface area is 244 Å². The molecule has 3 aliphatic heterocycles. The Balaban J connectivity index is 1.08. The monoisotopic (exact) mass is 575 g/mol. The van der Waals surface area contributed by atoms with Crippen molar-refractivity contribution < 1.29 is 33.9 Å². The summed E-state index contributed by atoms with van der Waals surface area (Å²) < 4.78 is 18.2. The van der Waals surface area contributed by atoms with Gasteiger partial charge in [-0.25, -0.2) is 0 Å². The molecule has 230 valence electrons. The van der Waals surface area contributed by atoms with E-state index in [1.54, 1.807) is 21.1 Å². The quantitative estimate of drug-likeness (QED) is 0.411. The molecule has 0 spiro atoms. The predicted octanol–water partition coefficient (Wildman–Crippen LogP) is 0.725. The number of nitrogens with two attached hydrogens (primary N) is 1. The zero-order valence-electron chi connectivity index (χ0n) is 25.3. The van der Waals surface area contributed by atoms with Crippen molar-refractivity contribution in [2.75, 3.05) is 20.8 Å². The van der Waals surface area contributed by atoms with Crippen LogP contribution in [0, 0.1) is 23.7 Å². The highest BCUT2D eigenvalue weighted by Gasteiger charge is 2.66. The molecule has 0 aromatic carbocycles. The van der Waals surface area contributed by atoms with Crippen LogP contribution in [0.5, 0.6) is 0 Å². The molecule has 0 bridgehead atoms. The van der Waals surface area contributed by atoms with Gasteiger partial charge in [-0.1, -0.05) is 0 Å². The highest BCUT2D eigenvalue weighted by atomic mass is 16.5. The summed E-state index contributed by atoms with van der Waals surface area (Å²) in [4.78, 5) is 41.0. The lowest BCUT2D eigenvalue weighted by molar-refractivity contribution is -0.713. The van der Waals surface area contributed by atoms with E-state index in [4.69, 9.17) is 14.2 Å². The van der Waals surface area contributed by atoms with Gasteiger partial charge in [0.1, 0.15) is 12.1 Å². The van der Waals surface area contributed by atoms with E-state index < -0.39 is 6.10 Å². The molecule has 3 saturated heterocycles. The average Bonchev–Trinajstić information content (AvgIpc) is 3.30. The number of fused-ring (bicyclic) bond motifs is 5. The largest absolute Gasteiger partial charge is 0.379 e. The van der Waals surface area contributed by atoms with E-state index in [0.717, 1.165) is 70.8 Å². The van der Waals surface area contributed by atoms with Crippen LogP contribution in [0.25, 0.3) is 0 Å². The molecule has 11 atom stereocenters. The second-order valence-corrected chi connectivity index (χ2v) is 13.7. The minimum absolute atomic E-state index is 0.0102. The summed E-state index contributed by atoms with van der Waals surface area (Å²) in [5, 5.41) is 8.72. The molecule has 10 nitrogen and oxygen atoms in total. The van der Waals surface area contributed by atoms with Gasteiger partial charge in [0.2, 0.25) is 17.7 Å². The first-order valence-corrected chi connectivity index (χ1v) is 16.2. The Hall–Kier alpha value is -1.75. The van der Waals surface area contributed by atoms with Crippen molar-refractivity contribution in [1.82, 2.24) is 15.5 Å². The van der Waals surface area contributed by atoms with Gasteiger partial charge in [-0.3, -0.25) is 14.4 Å². The number of nitrogens with zero attached hydrogens (tertiary/aromatic N) is 1. The number of hydrogen-bond acceptors (Lipinski definition) is 6. The van der Waals surface area contributed by atoms with Crippen molar-refractivity contribution in [3.05, 3.63) is 0 Å². The summed E-state index contributed by atoms with van der Waals surface area (Å²) in [5.41, 5.74) is 0. The molecule has 3 amide bonds. The van der Waals surface area contributed by atoms with Gasteiger partial charge in [0.25, 0.3) is 0 Å². The first kappa shape index (κ1) is 29.3. The van der Waals surface area contributed by atoms with E-state index >= 15 is 0 Å². The molecule has 6 rings (SSSR count). The normalized spacial score (nSPS) is 44.3. The molecule has 10 heteroatoms. The number of piperidine rings is 2. The number of rotatable bonds is 7. The van der Waals surface area contributed by atoms with E-state index in [1.807, 2.05) is 6.92 Å². The van der Waals surface area contributed by atoms with Crippen LogP contribution >= 0.6 is 0 Å². The zero-order valence-corrected chi connectivity index (χ0v) is 25.3. The standard InChI is InChI=1S/C31H50N4O6/c1-16(30(37)34-19-7-5-18(6-8-19)33-17(2)36)41-20-9-11-24-23(15-20)21-13-14-32-27-22-10-12-25(39-3)29(40-4)26(22)31(38)35(24)28(21)27/h16,18-29,32H,5-15H2,1-4H3,(H,33,36)(H,34,37)/p+1/t16-,18?,19?,20?,21?,22?,23?,24?,25?,26?,27?,28?,29?/m0/s1. The van der Waals surface area contributed by atoms with Gasteiger partial charge < -0.3 is 35.1 Å². The van der Waals surface area contributed by atoms with Crippen LogP contribution in [0.3, 0.4) is 0 Å². The number of hydrogen-bond donors (Lipinski definition) is 3. The van der Waals surface area contributed by atoms with Gasteiger partial charge in [0.15, 0.2) is 0 Å². The SMILES string of the molecule is COC1CCC2C3[NH2+]CCC4C5CC(O[C@@H](C)C(=O)NC6CCC(NC(C)=O)CC6)CCC5N(C(=O)C2C1OC)C43. The third-order valence-corrected chi connectivity index (χ3v) is 11.6. The van der Waals surface area contributed by atoms with Gasteiger partial charge in [0.05, 0.1) is 36.8 Å². The fourth-order valence-corrected chi connectivity index (χ4v) is 9.97. The van der Waals surface area contributed by atoms with E-state index in [2.05, 4.69) is 20.9 Å². The van der Waals surface area contributed by atoms with E-state index in [9.17, 15) is 14.4 Å². The van der Waals surface area contributed by atoms with E-state index in [-0.39, 0.29) is 60.1 Å². The zero-order chi connectivity index (χ0) is 28.8. The number of quaternary nitrogens is 1. The highest BCUT2D eigenvalue weighted by molar-refractivity contribution is 5.83. The Bertz CT molecular complexity index is 988. The van der Waals surface area contributed by atoms with Crippen molar-refractivity contribution in [3.8, 4) is 0 Å². The lowest BCUT2D eigenvalue weighted by atomic mass is 9.64. The molecule has 3 heterocycles. The lowest BCUT2D eigenvalue weighted by Gasteiger charge is -2.53. The fourth-order valence-electron chi connectivity index (χ4n) is 9.97. The fraction of sp³-hybridized carbons (Fsp3) is 0.903. The Morgan fingerprint density at radius 1 is 0.902 bits per heavy atom. The van der Waals surface area contributed by atoms with Crippen LogP contribution in [-0.2, 0) is 28.6 Å². The van der Waals surface area contributed by atoms with Crippen LogP contribution in [0.2, 0.25) is 0 Å². The number of amides is 3. The molecular formula is C31H51N4O6+. The molecule has 3 saturated carbocycles. The summed E-state index contributed by atoms with van der Waals surface area (Å²) >= 11 is 0. The predicted molar refractivity (Wildman–Crippen MR) is 151 cm³/mol. The number of ether oxygens (including phenoxy) is 3. The van der Waals surface area contributed by atoms with Gasteiger partial charge in [-0.2, -0.15) is 0 Å². The molecule has 0 aromatic heterocycles. The van der Waals surface area contributed by atoms with Gasteiger partial charge in [0, 0.05) is 51.6 Å². The van der Waals surface area contributed by atoms with E-state index in [0.29, 0.717) is 29.8 Å². The maximum Gasteiger partial charge on any atom is 0.249 e. The smallest absolute Gasteiger partial charge is 0.249 e. The second-order valence-electron chi connectivity index (χ2n) is 13.7. The summed E-state index contributed by atoms with van der Waals surface area (Å²) in [6.07, 6.45) is 8.71. The molecule has 0 radical (unpaired) electrons. The van der Waals surface area contributed by atoms with Gasteiger partial charge >= 0.3 is 0 Å². The molecule has 3 aliphatic carbocycles. The van der Waals surface area contributed by atoms with Gasteiger partial charge in [-0.05, 0) is 76.5 Å². The molecule has 41 heavy (non-hydrogen) atoms. The Morgan fingerprint density at radius 3 is 2.32 bits per heavy atom. The summed E-state index contributed by atoms with van der Waals surface area (Å²) in [7, 11) is 3.47. The first-order chi connectivity index (χ1) is 19.8. The third kappa shape index (κ3) is 5.43. The van der Waals surface area contributed by atoms with Crippen molar-refractivity contribution >= 4 is 17.7 Å². The molecule has 0 aromatic rings. The number of carbonyl (C=O) groups is 3. The minimum atomic E-state index is -0.501. The molecular weight excluding hydrogens is 524 g/mol. The van der Waals surface area contributed by atoms with Crippen molar-refractivity contribution in [3.63, 3.8) is 0 Å². The summed E-state index contributed by atoms with van der Waals surface area (Å²) in [6, 6.07) is 1.35. The van der Waals surface area contributed by atoms with Crippen LogP contribution in [-0.4, -0.2) is 98.0 Å². The maximum absolute atomic E-state index is 14.2. The molecule has 6 aliphatic rings. The highest BCUT2D eigenvalue weighted by Crippen LogP contribution is 2.53. The molecule has 4 N–H and O–H groups in total. The Kier molecular flexibility index (Phi) is 8.65. The second kappa shape index (κ2) is 12.1. The topological polar surface area (TPSA) is 123 Å². The van der Waals surface area contributed by atoms with Crippen molar-refractivity contribution in [1.29, 1.82) is 0 Å².